The number of benzene rings is 2. The molecule has 0 spiro atoms. The minimum atomic E-state index is -0.0465. The molecule has 0 fully saturated rings. The Balaban J connectivity index is 1.59. The first-order valence-electron chi connectivity index (χ1n) is 7.53. The number of rotatable bonds is 5. The number of hydrogen-bond donors (Lipinski definition) is 1. The normalized spacial score (nSPS) is 10.7. The summed E-state index contributed by atoms with van der Waals surface area (Å²) in [5.41, 5.74) is 2.72. The molecule has 3 aromatic rings. The van der Waals surface area contributed by atoms with E-state index in [0.29, 0.717) is 12.1 Å². The highest BCUT2D eigenvalue weighted by Gasteiger charge is 2.08. The van der Waals surface area contributed by atoms with E-state index in [1.807, 2.05) is 61.5 Å². The smallest absolute Gasteiger partial charge is 0.251 e. The van der Waals surface area contributed by atoms with E-state index in [0.717, 1.165) is 22.6 Å². The molecule has 2 aromatic carbocycles. The summed E-state index contributed by atoms with van der Waals surface area (Å²) in [7, 11) is 3.92. The predicted octanol–water partition coefficient (Wildman–Crippen LogP) is 3.33. The molecule has 118 valence electrons. The Kier molecular flexibility index (Phi) is 4.57. The minimum absolute atomic E-state index is 0.0465. The van der Waals surface area contributed by atoms with Crippen LogP contribution in [0.1, 0.15) is 15.4 Å². The van der Waals surface area contributed by atoms with Gasteiger partial charge in [-0.1, -0.05) is 18.2 Å². The van der Waals surface area contributed by atoms with Gasteiger partial charge in [0, 0.05) is 38.3 Å². The number of thiazole rings is 1. The Hall–Kier alpha value is -2.40. The lowest BCUT2D eigenvalue weighted by atomic mass is 10.2. The fourth-order valence-electron chi connectivity index (χ4n) is 2.34. The molecule has 0 aliphatic rings. The van der Waals surface area contributed by atoms with Crippen molar-refractivity contribution < 1.29 is 4.79 Å². The van der Waals surface area contributed by atoms with E-state index < -0.39 is 0 Å². The van der Waals surface area contributed by atoms with Gasteiger partial charge in [-0.25, -0.2) is 4.98 Å². The fourth-order valence-corrected chi connectivity index (χ4v) is 3.30. The van der Waals surface area contributed by atoms with Crippen LogP contribution >= 0.6 is 11.3 Å². The van der Waals surface area contributed by atoms with Crippen molar-refractivity contribution >= 4 is 33.1 Å². The Morgan fingerprint density at radius 1 is 1.17 bits per heavy atom. The maximum atomic E-state index is 12.2. The summed E-state index contributed by atoms with van der Waals surface area (Å²) in [4.78, 5) is 18.8. The second kappa shape index (κ2) is 6.79. The number of aromatic nitrogens is 1. The number of hydrogen-bond acceptors (Lipinski definition) is 4. The highest BCUT2D eigenvalue weighted by molar-refractivity contribution is 7.18. The zero-order valence-corrected chi connectivity index (χ0v) is 14.1. The quantitative estimate of drug-likeness (QED) is 0.782. The highest BCUT2D eigenvalue weighted by atomic mass is 32.1. The highest BCUT2D eigenvalue weighted by Crippen LogP contribution is 2.21. The van der Waals surface area contributed by atoms with Crippen molar-refractivity contribution in [2.24, 2.45) is 0 Å². The van der Waals surface area contributed by atoms with Crippen LogP contribution in [0.2, 0.25) is 0 Å². The molecule has 5 heteroatoms. The molecule has 1 aromatic heterocycles. The SMILES string of the molecule is CN(C)c1cccc(C(=O)NCCc2nc3ccccc3s2)c1. The molecule has 0 saturated heterocycles. The minimum Gasteiger partial charge on any atom is -0.378 e. The van der Waals surface area contributed by atoms with Crippen molar-refractivity contribution in [3.8, 4) is 0 Å². The van der Waals surface area contributed by atoms with Crippen LogP contribution in [0.25, 0.3) is 10.2 Å². The van der Waals surface area contributed by atoms with Gasteiger partial charge >= 0.3 is 0 Å². The van der Waals surface area contributed by atoms with Crippen LogP contribution in [0.5, 0.6) is 0 Å². The number of carbonyl (C=O) groups excluding carboxylic acids is 1. The van der Waals surface area contributed by atoms with Crippen LogP contribution in [0.15, 0.2) is 48.5 Å². The summed E-state index contributed by atoms with van der Waals surface area (Å²) in [5.74, 6) is -0.0465. The molecule has 0 bridgehead atoms. The summed E-state index contributed by atoms with van der Waals surface area (Å²) < 4.78 is 1.19. The lowest BCUT2D eigenvalue weighted by Crippen LogP contribution is -2.25. The molecule has 1 amide bonds. The van der Waals surface area contributed by atoms with E-state index in [1.165, 1.54) is 4.70 Å². The molecule has 3 rings (SSSR count). The van der Waals surface area contributed by atoms with E-state index >= 15 is 0 Å². The molecule has 0 radical (unpaired) electrons. The van der Waals surface area contributed by atoms with Gasteiger partial charge in [0.1, 0.15) is 0 Å². The average molecular weight is 325 g/mol. The lowest BCUT2D eigenvalue weighted by Gasteiger charge is -2.13. The molecule has 0 saturated carbocycles. The first-order valence-corrected chi connectivity index (χ1v) is 8.35. The third kappa shape index (κ3) is 3.68. The van der Waals surface area contributed by atoms with Gasteiger partial charge < -0.3 is 10.2 Å². The molecule has 0 aliphatic carbocycles. The Morgan fingerprint density at radius 3 is 2.78 bits per heavy atom. The Labute approximate surface area is 139 Å². The van der Waals surface area contributed by atoms with Gasteiger partial charge in [0.05, 0.1) is 15.2 Å². The standard InChI is InChI=1S/C18H19N3OS/c1-21(2)14-7-5-6-13(12-14)18(22)19-11-10-17-20-15-8-3-4-9-16(15)23-17/h3-9,12H,10-11H2,1-2H3,(H,19,22). The summed E-state index contributed by atoms with van der Waals surface area (Å²) in [6.45, 7) is 0.588. The van der Waals surface area contributed by atoms with E-state index in [4.69, 9.17) is 0 Å². The van der Waals surface area contributed by atoms with E-state index in [9.17, 15) is 4.79 Å². The summed E-state index contributed by atoms with van der Waals surface area (Å²) >= 11 is 1.68. The molecule has 0 aliphatic heterocycles. The van der Waals surface area contributed by atoms with Gasteiger partial charge in [0.2, 0.25) is 0 Å². The van der Waals surface area contributed by atoms with Crippen LogP contribution in [0.3, 0.4) is 0 Å². The van der Waals surface area contributed by atoms with Crippen molar-refractivity contribution in [2.75, 3.05) is 25.5 Å². The zero-order valence-electron chi connectivity index (χ0n) is 13.2. The molecular weight excluding hydrogens is 306 g/mol. The second-order valence-corrected chi connectivity index (χ2v) is 6.64. The van der Waals surface area contributed by atoms with Gasteiger partial charge in [0.15, 0.2) is 0 Å². The van der Waals surface area contributed by atoms with E-state index in [1.54, 1.807) is 11.3 Å². The number of fused-ring (bicyclic) bond motifs is 1. The van der Waals surface area contributed by atoms with Gasteiger partial charge in [0.25, 0.3) is 5.91 Å². The van der Waals surface area contributed by atoms with Gasteiger partial charge in [-0.2, -0.15) is 0 Å². The Bertz CT molecular complexity index is 793. The summed E-state index contributed by atoms with van der Waals surface area (Å²) in [6, 6.07) is 15.7. The molecule has 0 unspecified atom stereocenters. The number of anilines is 1. The molecular formula is C18H19N3OS. The van der Waals surface area contributed by atoms with Crippen LogP contribution in [0.4, 0.5) is 5.69 Å². The summed E-state index contributed by atoms with van der Waals surface area (Å²) in [6.07, 6.45) is 0.748. The number of amides is 1. The number of nitrogens with one attached hydrogen (secondary N) is 1. The lowest BCUT2D eigenvalue weighted by molar-refractivity contribution is 0.0954. The average Bonchev–Trinajstić information content (AvgIpc) is 2.97. The first kappa shape index (κ1) is 15.5. The molecule has 1 heterocycles. The van der Waals surface area contributed by atoms with Crippen molar-refractivity contribution in [1.82, 2.24) is 10.3 Å². The predicted molar refractivity (Wildman–Crippen MR) is 96.4 cm³/mol. The first-order chi connectivity index (χ1) is 11.1. The van der Waals surface area contributed by atoms with Crippen LogP contribution in [-0.2, 0) is 6.42 Å². The largest absolute Gasteiger partial charge is 0.378 e. The van der Waals surface area contributed by atoms with Crippen molar-refractivity contribution in [1.29, 1.82) is 0 Å². The molecule has 23 heavy (non-hydrogen) atoms. The van der Waals surface area contributed by atoms with Crippen molar-refractivity contribution in [3.05, 3.63) is 59.1 Å². The summed E-state index contributed by atoms with van der Waals surface area (Å²) in [5, 5.41) is 4.02. The van der Waals surface area contributed by atoms with E-state index in [2.05, 4.69) is 16.4 Å². The zero-order chi connectivity index (χ0) is 16.2. The fraction of sp³-hybridized carbons (Fsp3) is 0.222. The number of para-hydroxylation sites is 1. The third-order valence-corrected chi connectivity index (χ3v) is 4.68. The van der Waals surface area contributed by atoms with Gasteiger partial charge in [-0.3, -0.25) is 4.79 Å². The van der Waals surface area contributed by atoms with Crippen molar-refractivity contribution in [2.45, 2.75) is 6.42 Å². The maximum Gasteiger partial charge on any atom is 0.251 e. The monoisotopic (exact) mass is 325 g/mol. The van der Waals surface area contributed by atoms with Crippen LogP contribution in [-0.4, -0.2) is 31.5 Å². The Morgan fingerprint density at radius 2 is 2.00 bits per heavy atom. The maximum absolute atomic E-state index is 12.2. The molecule has 0 atom stereocenters. The topological polar surface area (TPSA) is 45.2 Å². The number of nitrogens with zero attached hydrogens (tertiary/aromatic N) is 2. The number of carbonyl (C=O) groups is 1. The molecule has 4 nitrogen and oxygen atoms in total. The van der Waals surface area contributed by atoms with Gasteiger partial charge in [-0.05, 0) is 30.3 Å². The second-order valence-electron chi connectivity index (χ2n) is 5.53. The van der Waals surface area contributed by atoms with Crippen LogP contribution in [0, 0.1) is 0 Å². The van der Waals surface area contributed by atoms with Gasteiger partial charge in [-0.15, -0.1) is 11.3 Å². The van der Waals surface area contributed by atoms with E-state index in [-0.39, 0.29) is 5.91 Å². The van der Waals surface area contributed by atoms with Crippen molar-refractivity contribution in [3.63, 3.8) is 0 Å². The third-order valence-electron chi connectivity index (χ3n) is 3.59. The molecule has 1 N–H and O–H groups in total. The van der Waals surface area contributed by atoms with Crippen LogP contribution < -0.4 is 10.2 Å².